The molecule has 0 fully saturated rings. The summed E-state index contributed by atoms with van der Waals surface area (Å²) < 4.78 is 14.5. The van der Waals surface area contributed by atoms with Gasteiger partial charge in [-0.15, -0.1) is 0 Å². The lowest BCUT2D eigenvalue weighted by atomic mass is 10.1. The molecule has 0 saturated heterocycles. The molecule has 10 heteroatoms. The maximum absolute atomic E-state index is 13.5. The number of nitrogens with zero attached hydrogens (tertiary/aromatic N) is 5. The van der Waals surface area contributed by atoms with E-state index < -0.39 is 5.56 Å². The van der Waals surface area contributed by atoms with Crippen molar-refractivity contribution in [2.75, 3.05) is 13.7 Å². The number of thiazole rings is 1. The summed E-state index contributed by atoms with van der Waals surface area (Å²) in [5.41, 5.74) is 3.48. The van der Waals surface area contributed by atoms with Crippen LogP contribution in [0.5, 0.6) is 11.5 Å². The summed E-state index contributed by atoms with van der Waals surface area (Å²) in [5, 5.41) is 9.29. The second-order valence-corrected chi connectivity index (χ2v) is 11.3. The van der Waals surface area contributed by atoms with E-state index in [4.69, 9.17) is 14.6 Å². The predicted octanol–water partition coefficient (Wildman–Crippen LogP) is 5.08. The van der Waals surface area contributed by atoms with Crippen molar-refractivity contribution in [2.45, 2.75) is 32.6 Å². The van der Waals surface area contributed by atoms with E-state index in [1.165, 1.54) is 4.52 Å². The Hall–Kier alpha value is -5.09. The van der Waals surface area contributed by atoms with Gasteiger partial charge in [0.2, 0.25) is 4.96 Å². The molecular weight excluding hydrogens is 574 g/mol. The first-order valence-corrected chi connectivity index (χ1v) is 15.3. The SMILES string of the molecule is CCCCCOc1ccc(-c2nn(-c3ccccc3)cc2/C=c2\sc3nc(=O)c(Cc4ccc(OC)cc4)nn3c2=O)cc1. The highest BCUT2D eigenvalue weighted by Crippen LogP contribution is 2.26. The summed E-state index contributed by atoms with van der Waals surface area (Å²) in [6.07, 6.45) is 7.22. The molecule has 0 saturated carbocycles. The molecular formula is C34H31N5O4S. The first-order chi connectivity index (χ1) is 21.5. The Kier molecular flexibility index (Phi) is 8.60. The van der Waals surface area contributed by atoms with Crippen LogP contribution in [0.15, 0.2) is 94.6 Å². The Labute approximate surface area is 257 Å². The second-order valence-electron chi connectivity index (χ2n) is 10.3. The molecule has 0 N–H and O–H groups in total. The van der Waals surface area contributed by atoms with Crippen LogP contribution >= 0.6 is 11.3 Å². The third kappa shape index (κ3) is 6.30. The van der Waals surface area contributed by atoms with Crippen molar-refractivity contribution in [1.82, 2.24) is 24.4 Å². The lowest BCUT2D eigenvalue weighted by molar-refractivity contribution is 0.306. The Morgan fingerprint density at radius 1 is 0.886 bits per heavy atom. The minimum absolute atomic E-state index is 0.198. The zero-order valence-electron chi connectivity index (χ0n) is 24.5. The Balaban J connectivity index is 1.38. The van der Waals surface area contributed by atoms with Gasteiger partial charge in [0.25, 0.3) is 11.1 Å². The van der Waals surface area contributed by atoms with Crippen LogP contribution in [0.4, 0.5) is 0 Å². The standard InChI is InChI=1S/C34H31N5O4S/c1-3-4-8-19-43-28-17-13-24(14-18-28)31-25(22-38(37-31)26-9-6-5-7-10-26)21-30-33(41)39-34(44-30)35-32(40)29(36-39)20-23-11-15-27(42-2)16-12-23/h5-7,9-18,21-22H,3-4,8,19-20H2,1-2H3/b30-21-. The van der Waals surface area contributed by atoms with E-state index in [-0.39, 0.29) is 22.6 Å². The number of rotatable bonds is 11. The van der Waals surface area contributed by atoms with E-state index in [0.717, 1.165) is 58.7 Å². The molecule has 0 aliphatic heterocycles. The number of aromatic nitrogens is 5. The monoisotopic (exact) mass is 605 g/mol. The van der Waals surface area contributed by atoms with Crippen molar-refractivity contribution in [3.05, 3.63) is 127 Å². The summed E-state index contributed by atoms with van der Waals surface area (Å²) in [7, 11) is 1.60. The Morgan fingerprint density at radius 3 is 2.36 bits per heavy atom. The molecule has 222 valence electrons. The molecule has 3 aromatic heterocycles. The third-order valence-corrected chi connectivity index (χ3v) is 8.13. The molecule has 0 unspecified atom stereocenters. The van der Waals surface area contributed by atoms with Gasteiger partial charge in [-0.25, -0.2) is 4.68 Å². The van der Waals surface area contributed by atoms with E-state index in [0.29, 0.717) is 22.6 Å². The molecule has 0 amide bonds. The predicted molar refractivity (Wildman–Crippen MR) is 172 cm³/mol. The van der Waals surface area contributed by atoms with Crippen LogP contribution in [-0.2, 0) is 6.42 Å². The number of unbranched alkanes of at least 4 members (excludes halogenated alkanes) is 2. The number of benzene rings is 3. The topological polar surface area (TPSA) is 101 Å². The molecule has 0 spiro atoms. The van der Waals surface area contributed by atoms with Crippen molar-refractivity contribution in [3.8, 4) is 28.4 Å². The Bertz CT molecular complexity index is 2050. The maximum Gasteiger partial charge on any atom is 0.296 e. The van der Waals surface area contributed by atoms with Gasteiger partial charge in [0, 0.05) is 23.7 Å². The first kappa shape index (κ1) is 29.0. The summed E-state index contributed by atoms with van der Waals surface area (Å²) in [4.78, 5) is 30.8. The second kappa shape index (κ2) is 13.0. The van der Waals surface area contributed by atoms with Crippen molar-refractivity contribution in [1.29, 1.82) is 0 Å². The average Bonchev–Trinajstić information content (AvgIpc) is 3.61. The van der Waals surface area contributed by atoms with Gasteiger partial charge < -0.3 is 9.47 Å². The maximum atomic E-state index is 13.5. The molecule has 0 aliphatic carbocycles. The van der Waals surface area contributed by atoms with Crippen molar-refractivity contribution in [2.24, 2.45) is 0 Å². The number of fused-ring (bicyclic) bond motifs is 1. The van der Waals surface area contributed by atoms with Gasteiger partial charge in [-0.3, -0.25) is 9.59 Å². The van der Waals surface area contributed by atoms with E-state index in [1.54, 1.807) is 17.9 Å². The van der Waals surface area contributed by atoms with Gasteiger partial charge in [-0.2, -0.15) is 19.7 Å². The minimum atomic E-state index is -0.455. The van der Waals surface area contributed by atoms with Gasteiger partial charge in [0.15, 0.2) is 0 Å². The largest absolute Gasteiger partial charge is 0.497 e. The van der Waals surface area contributed by atoms with Crippen molar-refractivity contribution in [3.63, 3.8) is 0 Å². The fourth-order valence-electron chi connectivity index (χ4n) is 4.81. The van der Waals surface area contributed by atoms with E-state index in [9.17, 15) is 9.59 Å². The molecule has 44 heavy (non-hydrogen) atoms. The number of methoxy groups -OCH3 is 1. The number of ether oxygens (including phenoxy) is 2. The molecule has 6 rings (SSSR count). The molecule has 9 nitrogen and oxygen atoms in total. The molecule has 0 radical (unpaired) electrons. The quantitative estimate of drug-likeness (QED) is 0.190. The molecule has 0 aliphatic rings. The van der Waals surface area contributed by atoms with Crippen molar-refractivity contribution >= 4 is 22.4 Å². The van der Waals surface area contributed by atoms with Crippen LogP contribution < -0.4 is 25.1 Å². The summed E-state index contributed by atoms with van der Waals surface area (Å²) in [6.45, 7) is 2.85. The zero-order valence-corrected chi connectivity index (χ0v) is 25.3. The van der Waals surface area contributed by atoms with Gasteiger partial charge in [-0.05, 0) is 66.6 Å². The minimum Gasteiger partial charge on any atom is -0.497 e. The summed E-state index contributed by atoms with van der Waals surface area (Å²) >= 11 is 1.12. The molecule has 3 aromatic carbocycles. The number of hydrogen-bond donors (Lipinski definition) is 0. The zero-order chi connectivity index (χ0) is 30.5. The fraction of sp³-hybridized carbons (Fsp3) is 0.206. The van der Waals surface area contributed by atoms with Crippen LogP contribution in [0, 0.1) is 0 Å². The van der Waals surface area contributed by atoms with Gasteiger partial charge in [-0.1, -0.05) is 61.4 Å². The summed E-state index contributed by atoms with van der Waals surface area (Å²) in [5.74, 6) is 1.52. The summed E-state index contributed by atoms with van der Waals surface area (Å²) in [6, 6.07) is 25.0. The van der Waals surface area contributed by atoms with Crippen LogP contribution in [0.25, 0.3) is 28.0 Å². The first-order valence-electron chi connectivity index (χ1n) is 14.5. The lowest BCUT2D eigenvalue weighted by Gasteiger charge is -2.06. The van der Waals surface area contributed by atoms with Gasteiger partial charge in [0.05, 0.1) is 23.9 Å². The van der Waals surface area contributed by atoms with E-state index in [1.807, 2.05) is 85.1 Å². The molecule has 0 bridgehead atoms. The highest BCUT2D eigenvalue weighted by molar-refractivity contribution is 7.15. The Morgan fingerprint density at radius 2 is 1.64 bits per heavy atom. The van der Waals surface area contributed by atoms with Gasteiger partial charge >= 0.3 is 0 Å². The lowest BCUT2D eigenvalue weighted by Crippen LogP contribution is -2.28. The molecule has 6 aromatic rings. The highest BCUT2D eigenvalue weighted by Gasteiger charge is 2.15. The van der Waals surface area contributed by atoms with Crippen LogP contribution in [0.3, 0.4) is 0 Å². The van der Waals surface area contributed by atoms with Crippen LogP contribution in [-0.4, -0.2) is 38.1 Å². The third-order valence-electron chi connectivity index (χ3n) is 7.18. The normalized spacial score (nSPS) is 11.7. The average molecular weight is 606 g/mol. The van der Waals surface area contributed by atoms with E-state index >= 15 is 0 Å². The van der Waals surface area contributed by atoms with Gasteiger partial charge in [0.1, 0.15) is 22.9 Å². The van der Waals surface area contributed by atoms with Crippen molar-refractivity contribution < 1.29 is 9.47 Å². The molecule has 0 atom stereocenters. The smallest absolute Gasteiger partial charge is 0.296 e. The highest BCUT2D eigenvalue weighted by atomic mass is 32.1. The number of hydrogen-bond acceptors (Lipinski definition) is 8. The fourth-order valence-corrected chi connectivity index (χ4v) is 5.71. The van der Waals surface area contributed by atoms with Crippen LogP contribution in [0.1, 0.15) is 43.0 Å². The number of para-hydroxylation sites is 1. The molecule has 3 heterocycles. The van der Waals surface area contributed by atoms with E-state index in [2.05, 4.69) is 17.0 Å². The van der Waals surface area contributed by atoms with Crippen LogP contribution in [0.2, 0.25) is 0 Å².